The zero-order chi connectivity index (χ0) is 15.5. The molecular weight excluding hydrogens is 356 g/mol. The van der Waals surface area contributed by atoms with Crippen molar-refractivity contribution in [3.05, 3.63) is 55.7 Å². The first-order valence-electron chi connectivity index (χ1n) is 7.92. The van der Waals surface area contributed by atoms with Gasteiger partial charge in [0.05, 0.1) is 9.83 Å². The molecule has 22 heavy (non-hydrogen) atoms. The molecule has 1 atom stereocenters. The van der Waals surface area contributed by atoms with Gasteiger partial charge in [0.15, 0.2) is 0 Å². The Labute approximate surface area is 145 Å². The number of benzene rings is 1. The van der Waals surface area contributed by atoms with Gasteiger partial charge in [-0.05, 0) is 66.0 Å². The van der Waals surface area contributed by atoms with Gasteiger partial charge in [0, 0.05) is 24.5 Å². The normalized spacial score (nSPS) is 18.1. The molecule has 0 radical (unpaired) electrons. The molecule has 4 heteroatoms. The number of halogens is 1. The van der Waals surface area contributed by atoms with Crippen molar-refractivity contribution in [1.82, 2.24) is 10.2 Å². The second-order valence-corrected chi connectivity index (χ2v) is 8.54. The number of hydrogen-bond acceptors (Lipinski definition) is 3. The van der Waals surface area contributed by atoms with E-state index in [0.29, 0.717) is 6.04 Å². The lowest BCUT2D eigenvalue weighted by Crippen LogP contribution is -2.33. The average Bonchev–Trinajstić information content (AvgIpc) is 2.74. The summed E-state index contributed by atoms with van der Waals surface area (Å²) in [7, 11) is 0. The fraction of sp³-hybridized carbons (Fsp3) is 0.444. The topological polar surface area (TPSA) is 15.3 Å². The Morgan fingerprint density at radius 1 is 1.14 bits per heavy atom. The van der Waals surface area contributed by atoms with E-state index in [-0.39, 0.29) is 0 Å². The SMILES string of the molecule is Cc1ccc(C(c2ccc(Br)s2)N2CCCNCC2)c(C)c1. The number of nitrogens with one attached hydrogen (secondary N) is 1. The van der Waals surface area contributed by atoms with Crippen LogP contribution in [0.5, 0.6) is 0 Å². The Morgan fingerprint density at radius 2 is 2.00 bits per heavy atom. The predicted octanol–water partition coefficient (Wildman–Crippen LogP) is 4.51. The average molecular weight is 379 g/mol. The van der Waals surface area contributed by atoms with Crippen LogP contribution in [0.25, 0.3) is 0 Å². The van der Waals surface area contributed by atoms with E-state index in [4.69, 9.17) is 0 Å². The Bertz CT molecular complexity index is 630. The lowest BCUT2D eigenvalue weighted by Gasteiger charge is -2.31. The molecule has 1 unspecified atom stereocenters. The van der Waals surface area contributed by atoms with Gasteiger partial charge in [0.2, 0.25) is 0 Å². The van der Waals surface area contributed by atoms with Crippen LogP contribution in [0.4, 0.5) is 0 Å². The molecule has 1 fully saturated rings. The largest absolute Gasteiger partial charge is 0.315 e. The van der Waals surface area contributed by atoms with E-state index < -0.39 is 0 Å². The molecule has 0 bridgehead atoms. The van der Waals surface area contributed by atoms with E-state index in [1.54, 1.807) is 0 Å². The predicted molar refractivity (Wildman–Crippen MR) is 98.8 cm³/mol. The minimum Gasteiger partial charge on any atom is -0.315 e. The summed E-state index contributed by atoms with van der Waals surface area (Å²) in [5, 5.41) is 3.52. The van der Waals surface area contributed by atoms with Gasteiger partial charge in [-0.15, -0.1) is 11.3 Å². The highest BCUT2D eigenvalue weighted by Crippen LogP contribution is 2.37. The number of rotatable bonds is 3. The van der Waals surface area contributed by atoms with Gasteiger partial charge in [-0.2, -0.15) is 0 Å². The standard InChI is InChI=1S/C18H23BrN2S/c1-13-4-5-15(14(2)12-13)18(16-6-7-17(19)22-16)21-10-3-8-20-9-11-21/h4-7,12,18,20H,3,8-11H2,1-2H3. The monoisotopic (exact) mass is 378 g/mol. The molecule has 1 aromatic heterocycles. The molecule has 1 aromatic carbocycles. The van der Waals surface area contributed by atoms with E-state index in [9.17, 15) is 0 Å². The molecule has 1 aliphatic heterocycles. The zero-order valence-electron chi connectivity index (χ0n) is 13.2. The molecule has 0 spiro atoms. The molecule has 118 valence electrons. The molecule has 1 saturated heterocycles. The van der Waals surface area contributed by atoms with Gasteiger partial charge in [-0.1, -0.05) is 23.8 Å². The van der Waals surface area contributed by atoms with Crippen LogP contribution in [0.1, 0.15) is 34.0 Å². The van der Waals surface area contributed by atoms with Crippen molar-refractivity contribution in [2.75, 3.05) is 26.2 Å². The fourth-order valence-corrected chi connectivity index (χ4v) is 4.84. The minimum atomic E-state index is 0.372. The highest BCUT2D eigenvalue weighted by molar-refractivity contribution is 9.11. The van der Waals surface area contributed by atoms with E-state index in [2.05, 4.69) is 70.3 Å². The molecule has 0 saturated carbocycles. The van der Waals surface area contributed by atoms with E-state index in [1.807, 2.05) is 11.3 Å². The summed E-state index contributed by atoms with van der Waals surface area (Å²) < 4.78 is 1.21. The molecule has 2 heterocycles. The third kappa shape index (κ3) is 3.62. The zero-order valence-corrected chi connectivity index (χ0v) is 15.6. The first-order valence-corrected chi connectivity index (χ1v) is 9.53. The maximum Gasteiger partial charge on any atom is 0.0702 e. The first kappa shape index (κ1) is 16.2. The van der Waals surface area contributed by atoms with Gasteiger partial charge in [-0.25, -0.2) is 0 Å². The van der Waals surface area contributed by atoms with Crippen molar-refractivity contribution in [1.29, 1.82) is 0 Å². The van der Waals surface area contributed by atoms with Gasteiger partial charge >= 0.3 is 0 Å². The van der Waals surface area contributed by atoms with Crippen LogP contribution in [0, 0.1) is 13.8 Å². The van der Waals surface area contributed by atoms with Gasteiger partial charge in [-0.3, -0.25) is 4.90 Å². The molecule has 2 aromatic rings. The van der Waals surface area contributed by atoms with E-state index in [1.165, 1.54) is 31.8 Å². The minimum absolute atomic E-state index is 0.372. The third-order valence-corrected chi connectivity index (χ3v) is 6.00. The summed E-state index contributed by atoms with van der Waals surface area (Å²) >= 11 is 5.49. The summed E-state index contributed by atoms with van der Waals surface area (Å²) in [6, 6.07) is 11.7. The molecule has 1 aliphatic rings. The van der Waals surface area contributed by atoms with Gasteiger partial charge in [0.1, 0.15) is 0 Å². The molecule has 0 amide bonds. The smallest absolute Gasteiger partial charge is 0.0702 e. The second-order valence-electron chi connectivity index (χ2n) is 6.04. The van der Waals surface area contributed by atoms with Crippen LogP contribution in [-0.4, -0.2) is 31.1 Å². The third-order valence-electron chi connectivity index (χ3n) is 4.32. The number of nitrogens with zero attached hydrogens (tertiary/aromatic N) is 1. The highest BCUT2D eigenvalue weighted by atomic mass is 79.9. The van der Waals surface area contributed by atoms with Crippen LogP contribution < -0.4 is 5.32 Å². The lowest BCUT2D eigenvalue weighted by atomic mass is 9.96. The van der Waals surface area contributed by atoms with Crippen LogP contribution in [0.3, 0.4) is 0 Å². The van der Waals surface area contributed by atoms with Crippen LogP contribution in [0.15, 0.2) is 34.1 Å². The van der Waals surface area contributed by atoms with Crippen molar-refractivity contribution in [2.24, 2.45) is 0 Å². The molecular formula is C18H23BrN2S. The maximum atomic E-state index is 3.63. The first-order chi connectivity index (χ1) is 10.6. The Morgan fingerprint density at radius 3 is 2.73 bits per heavy atom. The van der Waals surface area contributed by atoms with Crippen molar-refractivity contribution < 1.29 is 0 Å². The van der Waals surface area contributed by atoms with Gasteiger partial charge in [0.25, 0.3) is 0 Å². The summed E-state index contributed by atoms with van der Waals surface area (Å²) in [4.78, 5) is 4.07. The fourth-order valence-electron chi connectivity index (χ4n) is 3.26. The van der Waals surface area contributed by atoms with Crippen molar-refractivity contribution >= 4 is 27.3 Å². The molecule has 1 N–H and O–H groups in total. The molecule has 2 nitrogen and oxygen atoms in total. The number of aryl methyl sites for hydroxylation is 2. The van der Waals surface area contributed by atoms with Crippen molar-refractivity contribution in [2.45, 2.75) is 26.3 Å². The van der Waals surface area contributed by atoms with Gasteiger partial charge < -0.3 is 5.32 Å². The van der Waals surface area contributed by atoms with Crippen LogP contribution >= 0.6 is 27.3 Å². The molecule has 0 aliphatic carbocycles. The molecule has 3 rings (SSSR count). The van der Waals surface area contributed by atoms with Crippen LogP contribution in [-0.2, 0) is 0 Å². The maximum absolute atomic E-state index is 3.63. The summed E-state index contributed by atoms with van der Waals surface area (Å²) in [5.74, 6) is 0. The van der Waals surface area contributed by atoms with Crippen LogP contribution in [0.2, 0.25) is 0 Å². The summed E-state index contributed by atoms with van der Waals surface area (Å²) in [6.45, 7) is 8.88. The lowest BCUT2D eigenvalue weighted by molar-refractivity contribution is 0.243. The number of hydrogen-bond donors (Lipinski definition) is 1. The van der Waals surface area contributed by atoms with Crippen molar-refractivity contribution in [3.63, 3.8) is 0 Å². The van der Waals surface area contributed by atoms with Crippen molar-refractivity contribution in [3.8, 4) is 0 Å². The summed E-state index contributed by atoms with van der Waals surface area (Å²) in [5.41, 5.74) is 4.18. The highest BCUT2D eigenvalue weighted by Gasteiger charge is 2.25. The number of thiophene rings is 1. The van der Waals surface area contributed by atoms with E-state index >= 15 is 0 Å². The Balaban J connectivity index is 2.01. The Kier molecular flexibility index (Phi) is 5.34. The van der Waals surface area contributed by atoms with E-state index in [0.717, 1.165) is 26.2 Å². The summed E-state index contributed by atoms with van der Waals surface area (Å²) in [6.07, 6.45) is 1.22. The second kappa shape index (κ2) is 7.26. The quantitative estimate of drug-likeness (QED) is 0.844. The Hall–Kier alpha value is -0.680.